The molecule has 6 rings (SSSR count). The zero-order valence-electron chi connectivity index (χ0n) is 15.0. The van der Waals surface area contributed by atoms with Crippen LogP contribution in [0, 0.1) is 5.82 Å². The first-order chi connectivity index (χ1) is 13.7. The minimum absolute atomic E-state index is 0.0649. The molecule has 1 aromatic carbocycles. The number of fused-ring (bicyclic) bond motifs is 2. The summed E-state index contributed by atoms with van der Waals surface area (Å²) in [6, 6.07) is 9.29. The van der Waals surface area contributed by atoms with Crippen LogP contribution < -0.4 is 11.0 Å². The summed E-state index contributed by atoms with van der Waals surface area (Å²) in [6.45, 7) is 0. The van der Waals surface area contributed by atoms with Gasteiger partial charge in [0.2, 0.25) is 0 Å². The number of halogens is 1. The number of imidazole rings is 1. The third kappa shape index (κ3) is 2.47. The Bertz CT molecular complexity index is 1260. The van der Waals surface area contributed by atoms with E-state index < -0.39 is 0 Å². The van der Waals surface area contributed by atoms with Gasteiger partial charge in [0.05, 0.1) is 15.7 Å². The molecule has 3 heterocycles. The molecule has 28 heavy (non-hydrogen) atoms. The van der Waals surface area contributed by atoms with Crippen LogP contribution in [0.1, 0.15) is 37.8 Å². The number of hydrogen-bond donors (Lipinski definition) is 1. The lowest BCUT2D eigenvalue weighted by atomic mass is 9.86. The molecule has 3 aromatic heterocycles. The SMILES string of the molecule is O=c1n(C2CC2)c2cccnc2n1[C@H]1C[C@H](Nc2nc3cc(F)ccc3s2)C1. The van der Waals surface area contributed by atoms with Crippen molar-refractivity contribution in [2.45, 2.75) is 43.8 Å². The summed E-state index contributed by atoms with van der Waals surface area (Å²) >= 11 is 1.53. The maximum absolute atomic E-state index is 13.4. The van der Waals surface area contributed by atoms with Crippen molar-refractivity contribution in [3.8, 4) is 0 Å². The van der Waals surface area contributed by atoms with Gasteiger partial charge in [-0.25, -0.2) is 19.2 Å². The maximum Gasteiger partial charge on any atom is 0.330 e. The lowest BCUT2D eigenvalue weighted by Gasteiger charge is -2.36. The zero-order chi connectivity index (χ0) is 18.8. The van der Waals surface area contributed by atoms with E-state index >= 15 is 0 Å². The molecule has 142 valence electrons. The summed E-state index contributed by atoms with van der Waals surface area (Å²) in [5.74, 6) is -0.271. The molecule has 4 aromatic rings. The Balaban J connectivity index is 1.25. The van der Waals surface area contributed by atoms with Gasteiger partial charge in [-0.1, -0.05) is 11.3 Å². The second-order valence-electron chi connectivity index (χ2n) is 7.70. The average molecular weight is 395 g/mol. The van der Waals surface area contributed by atoms with Crippen molar-refractivity contribution in [2.75, 3.05) is 5.32 Å². The van der Waals surface area contributed by atoms with Crippen LogP contribution >= 0.6 is 11.3 Å². The van der Waals surface area contributed by atoms with E-state index in [0.717, 1.165) is 46.7 Å². The van der Waals surface area contributed by atoms with Crippen LogP contribution in [0.5, 0.6) is 0 Å². The summed E-state index contributed by atoms with van der Waals surface area (Å²) in [6.07, 6.45) is 5.60. The van der Waals surface area contributed by atoms with Gasteiger partial charge < -0.3 is 5.32 Å². The first kappa shape index (κ1) is 16.2. The predicted octanol–water partition coefficient (Wildman–Crippen LogP) is 4.10. The minimum atomic E-state index is -0.271. The first-order valence-electron chi connectivity index (χ1n) is 9.57. The zero-order valence-corrected chi connectivity index (χ0v) is 15.8. The van der Waals surface area contributed by atoms with E-state index in [1.807, 2.05) is 21.3 Å². The van der Waals surface area contributed by atoms with Crippen molar-refractivity contribution in [3.63, 3.8) is 0 Å². The van der Waals surface area contributed by atoms with Gasteiger partial charge in [0.25, 0.3) is 0 Å². The number of pyridine rings is 1. The van der Waals surface area contributed by atoms with Crippen molar-refractivity contribution in [2.24, 2.45) is 0 Å². The number of hydrogen-bond acceptors (Lipinski definition) is 5. The van der Waals surface area contributed by atoms with E-state index in [9.17, 15) is 9.18 Å². The molecule has 0 amide bonds. The second kappa shape index (κ2) is 5.88. The molecule has 2 saturated carbocycles. The monoisotopic (exact) mass is 395 g/mol. The van der Waals surface area contributed by atoms with Gasteiger partial charge in [0.1, 0.15) is 5.82 Å². The van der Waals surface area contributed by atoms with Gasteiger partial charge in [-0.05, 0) is 49.9 Å². The lowest BCUT2D eigenvalue weighted by molar-refractivity contribution is 0.280. The first-order valence-corrected chi connectivity index (χ1v) is 10.4. The van der Waals surface area contributed by atoms with Crippen LogP contribution in [0.4, 0.5) is 9.52 Å². The Morgan fingerprint density at radius 3 is 2.82 bits per heavy atom. The molecule has 0 unspecified atom stereocenters. The molecule has 0 spiro atoms. The van der Waals surface area contributed by atoms with Gasteiger partial charge in [0.15, 0.2) is 10.8 Å². The van der Waals surface area contributed by atoms with Crippen molar-refractivity contribution in [1.82, 2.24) is 19.1 Å². The third-order valence-corrected chi connectivity index (χ3v) is 6.70. The molecule has 2 aliphatic rings. The predicted molar refractivity (Wildman–Crippen MR) is 108 cm³/mol. The van der Waals surface area contributed by atoms with E-state index in [-0.39, 0.29) is 23.6 Å². The molecule has 6 nitrogen and oxygen atoms in total. The second-order valence-corrected chi connectivity index (χ2v) is 8.73. The largest absolute Gasteiger partial charge is 0.359 e. The Kier molecular flexibility index (Phi) is 3.41. The van der Waals surface area contributed by atoms with Crippen molar-refractivity contribution >= 4 is 37.8 Å². The van der Waals surface area contributed by atoms with Crippen molar-refractivity contribution in [3.05, 3.63) is 52.8 Å². The van der Waals surface area contributed by atoms with Gasteiger partial charge >= 0.3 is 5.69 Å². The highest BCUT2D eigenvalue weighted by atomic mass is 32.1. The minimum Gasteiger partial charge on any atom is -0.359 e. The molecule has 0 radical (unpaired) electrons. The van der Waals surface area contributed by atoms with Crippen LogP contribution in [0.3, 0.4) is 0 Å². The van der Waals surface area contributed by atoms with E-state index in [1.165, 1.54) is 23.5 Å². The number of anilines is 1. The summed E-state index contributed by atoms with van der Waals surface area (Å²) in [5.41, 5.74) is 2.48. The molecule has 0 aliphatic heterocycles. The number of thiazole rings is 1. The normalized spacial score (nSPS) is 21.9. The van der Waals surface area contributed by atoms with Gasteiger partial charge in [-0.15, -0.1) is 0 Å². The third-order valence-electron chi connectivity index (χ3n) is 5.73. The Hall–Kier alpha value is -2.74. The summed E-state index contributed by atoms with van der Waals surface area (Å²) in [7, 11) is 0. The van der Waals surface area contributed by atoms with Crippen LogP contribution in [-0.4, -0.2) is 25.1 Å². The van der Waals surface area contributed by atoms with Gasteiger partial charge in [-0.2, -0.15) is 0 Å². The summed E-state index contributed by atoms with van der Waals surface area (Å²) in [5, 5.41) is 4.24. The van der Waals surface area contributed by atoms with Crippen LogP contribution in [-0.2, 0) is 0 Å². The highest BCUT2D eigenvalue weighted by Crippen LogP contribution is 2.40. The number of nitrogens with one attached hydrogen (secondary N) is 1. The van der Waals surface area contributed by atoms with E-state index in [0.29, 0.717) is 11.6 Å². The fraction of sp³-hybridized carbons (Fsp3) is 0.350. The fourth-order valence-electron chi connectivity index (χ4n) is 4.14. The summed E-state index contributed by atoms with van der Waals surface area (Å²) in [4.78, 5) is 22.0. The molecule has 8 heteroatoms. The van der Waals surface area contributed by atoms with Crippen LogP contribution in [0.2, 0.25) is 0 Å². The van der Waals surface area contributed by atoms with Crippen LogP contribution in [0.25, 0.3) is 21.4 Å². The topological polar surface area (TPSA) is 64.7 Å². The summed E-state index contributed by atoms with van der Waals surface area (Å²) < 4.78 is 18.1. The van der Waals surface area contributed by atoms with Crippen LogP contribution in [0.15, 0.2) is 41.3 Å². The van der Waals surface area contributed by atoms with E-state index in [1.54, 1.807) is 12.3 Å². The Labute approximate surface area is 163 Å². The molecular formula is C20H18FN5OS. The lowest BCUT2D eigenvalue weighted by Crippen LogP contribution is -2.41. The average Bonchev–Trinajstić information content (AvgIpc) is 3.33. The molecule has 0 saturated heterocycles. The highest BCUT2D eigenvalue weighted by molar-refractivity contribution is 7.22. The fourth-order valence-corrected chi connectivity index (χ4v) is 5.06. The molecule has 1 N–H and O–H groups in total. The molecule has 0 atom stereocenters. The van der Waals surface area contributed by atoms with Gasteiger partial charge in [-0.3, -0.25) is 9.13 Å². The Morgan fingerprint density at radius 1 is 1.14 bits per heavy atom. The molecule has 2 fully saturated rings. The van der Waals surface area contributed by atoms with E-state index in [4.69, 9.17) is 0 Å². The van der Waals surface area contributed by atoms with Crippen molar-refractivity contribution in [1.29, 1.82) is 0 Å². The van der Waals surface area contributed by atoms with E-state index in [2.05, 4.69) is 15.3 Å². The standard InChI is InChI=1S/C20H18FN5OS/c21-11-3-6-17-15(8-11)24-19(28-17)23-12-9-14(10-12)26-18-16(2-1-7-22-18)25(20(26)27)13-4-5-13/h1-3,6-8,12-14H,4-5,9-10H2,(H,23,24)/t12-,14-. The number of nitrogens with zero attached hydrogens (tertiary/aromatic N) is 4. The molecule has 2 aliphatic carbocycles. The number of aromatic nitrogens is 4. The Morgan fingerprint density at radius 2 is 2.00 bits per heavy atom. The molecule has 0 bridgehead atoms. The number of benzene rings is 1. The van der Waals surface area contributed by atoms with Gasteiger partial charge in [0, 0.05) is 30.4 Å². The highest BCUT2D eigenvalue weighted by Gasteiger charge is 2.36. The quantitative estimate of drug-likeness (QED) is 0.565. The maximum atomic E-state index is 13.4. The smallest absolute Gasteiger partial charge is 0.330 e. The van der Waals surface area contributed by atoms with Crippen molar-refractivity contribution < 1.29 is 4.39 Å². The number of rotatable bonds is 4. The molecular weight excluding hydrogens is 377 g/mol.